The van der Waals surface area contributed by atoms with Crippen LogP contribution in [0.5, 0.6) is 0 Å². The fraction of sp³-hybridized carbons (Fsp3) is 0. The first-order chi connectivity index (χ1) is 8.43. The first-order valence-electron chi connectivity index (χ1n) is 5.64. The van der Waals surface area contributed by atoms with E-state index >= 15 is 0 Å². The van der Waals surface area contributed by atoms with Crippen molar-refractivity contribution in [1.82, 2.24) is 0 Å². The summed E-state index contributed by atoms with van der Waals surface area (Å²) < 4.78 is 5.93. The Morgan fingerprint density at radius 1 is 0.824 bits per heavy atom. The number of furan rings is 1. The Hall–Kier alpha value is -2.28. The highest BCUT2D eigenvalue weighted by atomic mass is 16.3. The lowest BCUT2D eigenvalue weighted by molar-refractivity contribution is 0.672. The Balaban J connectivity index is 2.34. The van der Waals surface area contributed by atoms with Gasteiger partial charge >= 0.3 is 0 Å². The molecule has 1 aromatic heterocycles. The molecule has 0 saturated carbocycles. The van der Waals surface area contributed by atoms with E-state index in [1.165, 1.54) is 5.39 Å². The lowest BCUT2D eigenvalue weighted by atomic mass is 10.1. The quantitative estimate of drug-likeness (QED) is 0.421. The zero-order valence-electron chi connectivity index (χ0n) is 9.10. The molecule has 0 aliphatic carbocycles. The smallest absolute Gasteiger partial charge is 0.143 e. The van der Waals surface area contributed by atoms with E-state index in [2.05, 4.69) is 24.3 Å². The predicted octanol–water partition coefficient (Wildman–Crippen LogP) is 4.54. The van der Waals surface area contributed by atoms with Crippen LogP contribution >= 0.6 is 0 Å². The summed E-state index contributed by atoms with van der Waals surface area (Å²) in [6.45, 7) is 0. The van der Waals surface area contributed by atoms with Crippen LogP contribution in [-0.4, -0.2) is 0 Å². The van der Waals surface area contributed by atoms with Gasteiger partial charge in [0, 0.05) is 16.2 Å². The molecule has 1 nitrogen and oxygen atoms in total. The molecule has 0 N–H and O–H groups in total. The molecule has 79 valence electrons. The molecule has 0 fully saturated rings. The van der Waals surface area contributed by atoms with E-state index in [0.29, 0.717) is 0 Å². The number of para-hydroxylation sites is 1. The predicted molar refractivity (Wildman–Crippen MR) is 70.1 cm³/mol. The fourth-order valence-electron chi connectivity index (χ4n) is 2.36. The van der Waals surface area contributed by atoms with Gasteiger partial charge in [-0.15, -0.1) is 0 Å². The Kier molecular flexibility index (Phi) is 1.61. The molecule has 0 aliphatic heterocycles. The summed E-state index contributed by atoms with van der Waals surface area (Å²) in [5.41, 5.74) is 1.86. The third-order valence-electron chi connectivity index (χ3n) is 3.17. The van der Waals surface area contributed by atoms with Gasteiger partial charge in [-0.25, -0.2) is 0 Å². The van der Waals surface area contributed by atoms with Crippen molar-refractivity contribution in [1.29, 1.82) is 0 Å². The minimum Gasteiger partial charge on any atom is -0.455 e. The molecule has 0 bridgehead atoms. The van der Waals surface area contributed by atoms with Gasteiger partial charge in [0.15, 0.2) is 0 Å². The van der Waals surface area contributed by atoms with Gasteiger partial charge in [-0.1, -0.05) is 42.5 Å². The van der Waals surface area contributed by atoms with Gasteiger partial charge < -0.3 is 4.42 Å². The SMILES string of the molecule is [c]1cc2ccccc2c2oc3ccccc3c12. The Morgan fingerprint density at radius 2 is 1.59 bits per heavy atom. The van der Waals surface area contributed by atoms with Gasteiger partial charge in [0.05, 0.1) is 0 Å². The normalized spacial score (nSPS) is 11.5. The maximum atomic E-state index is 5.93. The molecule has 1 heteroatoms. The molecule has 1 radical (unpaired) electrons. The minimum atomic E-state index is 0.926. The van der Waals surface area contributed by atoms with Gasteiger partial charge in [-0.2, -0.15) is 0 Å². The summed E-state index contributed by atoms with van der Waals surface area (Å²) in [4.78, 5) is 0. The first kappa shape index (κ1) is 8.82. The molecular weight excluding hydrogens is 208 g/mol. The molecule has 0 spiro atoms. The summed E-state index contributed by atoms with van der Waals surface area (Å²) in [5, 5.41) is 4.52. The second-order valence-corrected chi connectivity index (χ2v) is 4.18. The monoisotopic (exact) mass is 217 g/mol. The van der Waals surface area contributed by atoms with E-state index in [-0.39, 0.29) is 0 Å². The highest BCUT2D eigenvalue weighted by molar-refractivity contribution is 6.14. The van der Waals surface area contributed by atoms with Crippen molar-refractivity contribution in [2.45, 2.75) is 0 Å². The highest BCUT2D eigenvalue weighted by Crippen LogP contribution is 2.33. The van der Waals surface area contributed by atoms with Crippen molar-refractivity contribution in [2.75, 3.05) is 0 Å². The van der Waals surface area contributed by atoms with Gasteiger partial charge in [-0.3, -0.25) is 0 Å². The number of hydrogen-bond acceptors (Lipinski definition) is 1. The molecule has 3 aromatic carbocycles. The van der Waals surface area contributed by atoms with Crippen LogP contribution in [0.25, 0.3) is 32.7 Å². The minimum absolute atomic E-state index is 0.926. The van der Waals surface area contributed by atoms with Crippen LogP contribution in [0.1, 0.15) is 0 Å². The van der Waals surface area contributed by atoms with Crippen molar-refractivity contribution in [3.05, 3.63) is 60.7 Å². The van der Waals surface area contributed by atoms with E-state index in [9.17, 15) is 0 Å². The first-order valence-corrected chi connectivity index (χ1v) is 5.64. The molecule has 1 heterocycles. The van der Waals surface area contributed by atoms with Gasteiger partial charge in [0.25, 0.3) is 0 Å². The van der Waals surface area contributed by atoms with Crippen LogP contribution in [0.15, 0.2) is 59.0 Å². The van der Waals surface area contributed by atoms with Crippen molar-refractivity contribution >= 4 is 32.7 Å². The van der Waals surface area contributed by atoms with E-state index in [4.69, 9.17) is 4.42 Å². The summed E-state index contributed by atoms with van der Waals surface area (Å²) >= 11 is 0. The largest absolute Gasteiger partial charge is 0.455 e. The number of hydrogen-bond donors (Lipinski definition) is 0. The third kappa shape index (κ3) is 1.14. The van der Waals surface area contributed by atoms with Crippen LogP contribution in [0, 0.1) is 6.07 Å². The lowest BCUT2D eigenvalue weighted by Crippen LogP contribution is -1.72. The van der Waals surface area contributed by atoms with Gasteiger partial charge in [0.1, 0.15) is 11.2 Å². The molecule has 0 unspecified atom stereocenters. The maximum absolute atomic E-state index is 5.93. The number of rotatable bonds is 0. The Labute approximate surface area is 98.3 Å². The second kappa shape index (κ2) is 3.11. The van der Waals surface area contributed by atoms with E-state index in [0.717, 1.165) is 27.3 Å². The number of benzene rings is 3. The summed E-state index contributed by atoms with van der Waals surface area (Å²) in [5.74, 6) is 0. The molecule has 0 amide bonds. The topological polar surface area (TPSA) is 13.1 Å². The fourth-order valence-corrected chi connectivity index (χ4v) is 2.36. The van der Waals surface area contributed by atoms with Crippen LogP contribution in [0.3, 0.4) is 0 Å². The molecule has 0 saturated heterocycles. The van der Waals surface area contributed by atoms with Gasteiger partial charge in [-0.05, 0) is 23.6 Å². The van der Waals surface area contributed by atoms with Gasteiger partial charge in [0.2, 0.25) is 0 Å². The third-order valence-corrected chi connectivity index (χ3v) is 3.17. The molecule has 17 heavy (non-hydrogen) atoms. The van der Waals surface area contributed by atoms with Crippen molar-refractivity contribution in [3.63, 3.8) is 0 Å². The zero-order valence-corrected chi connectivity index (χ0v) is 9.10. The summed E-state index contributed by atoms with van der Waals surface area (Å²) in [6, 6.07) is 21.7. The number of fused-ring (bicyclic) bond motifs is 5. The van der Waals surface area contributed by atoms with E-state index in [1.807, 2.05) is 36.4 Å². The Bertz CT molecular complexity index is 840. The van der Waals surface area contributed by atoms with Crippen LogP contribution in [0.2, 0.25) is 0 Å². The van der Waals surface area contributed by atoms with Crippen LogP contribution < -0.4 is 0 Å². The second-order valence-electron chi connectivity index (χ2n) is 4.18. The molecule has 0 atom stereocenters. The summed E-state index contributed by atoms with van der Waals surface area (Å²) in [6.07, 6.45) is 0. The highest BCUT2D eigenvalue weighted by Gasteiger charge is 2.08. The van der Waals surface area contributed by atoms with Crippen molar-refractivity contribution in [3.8, 4) is 0 Å². The lowest BCUT2D eigenvalue weighted by Gasteiger charge is -1.96. The van der Waals surface area contributed by atoms with Crippen molar-refractivity contribution in [2.24, 2.45) is 0 Å². The average Bonchev–Trinajstić information content (AvgIpc) is 2.78. The summed E-state index contributed by atoms with van der Waals surface area (Å²) in [7, 11) is 0. The standard InChI is InChI=1S/C16H9O/c1-2-6-12-11(5-1)9-10-14-13-7-3-4-8-15(13)17-16(12)14/h1-9H. The van der Waals surface area contributed by atoms with Crippen LogP contribution in [-0.2, 0) is 0 Å². The molecule has 0 aliphatic rings. The maximum Gasteiger partial charge on any atom is 0.143 e. The van der Waals surface area contributed by atoms with Crippen molar-refractivity contribution < 1.29 is 4.42 Å². The molecule has 4 rings (SSSR count). The zero-order chi connectivity index (χ0) is 11.2. The molecule has 4 aromatic rings. The molecular formula is C16H9O. The average molecular weight is 217 g/mol. The Morgan fingerprint density at radius 3 is 2.53 bits per heavy atom. The van der Waals surface area contributed by atoms with E-state index in [1.54, 1.807) is 0 Å². The van der Waals surface area contributed by atoms with Crippen LogP contribution in [0.4, 0.5) is 0 Å². The van der Waals surface area contributed by atoms with E-state index < -0.39 is 0 Å².